The second-order valence-electron chi connectivity index (χ2n) is 3.67. The number of hydrogen-bond donors (Lipinski definition) is 2. The molecule has 1 atom stereocenters. The molecule has 0 amide bonds. The van der Waals surface area contributed by atoms with Crippen LogP contribution in [0.4, 0.5) is 0 Å². The molecule has 0 fully saturated rings. The number of aliphatic carboxylic acids is 1. The van der Waals surface area contributed by atoms with E-state index in [9.17, 15) is 18.0 Å². The molecule has 1 rings (SSSR count). The molecule has 0 aromatic heterocycles. The Balaban J connectivity index is 3.22. The number of rotatable bonds is 5. The minimum Gasteiger partial charge on any atom is -0.480 e. The maximum absolute atomic E-state index is 12.0. The molecule has 2 N–H and O–H groups in total. The van der Waals surface area contributed by atoms with E-state index in [2.05, 4.69) is 4.74 Å². The third-order valence-corrected chi connectivity index (χ3v) is 3.88. The summed E-state index contributed by atoms with van der Waals surface area (Å²) >= 11 is 0. The molecule has 0 radical (unpaired) electrons. The van der Waals surface area contributed by atoms with Gasteiger partial charge in [0, 0.05) is 0 Å². The lowest BCUT2D eigenvalue weighted by atomic mass is 10.2. The van der Waals surface area contributed by atoms with Crippen molar-refractivity contribution in [2.75, 3.05) is 7.11 Å². The van der Waals surface area contributed by atoms with Crippen molar-refractivity contribution in [2.24, 2.45) is 0 Å². The van der Waals surface area contributed by atoms with E-state index in [-0.39, 0.29) is 10.5 Å². The van der Waals surface area contributed by atoms with Gasteiger partial charge < -0.3 is 9.84 Å². The molecule has 0 aliphatic carbocycles. The summed E-state index contributed by atoms with van der Waals surface area (Å²) in [5.74, 6) is -2.14. The Morgan fingerprint density at radius 3 is 2.42 bits per heavy atom. The SMILES string of the molecule is COC(=O)c1ccccc1S(=O)(=O)N[C@H](C)C(=O)O. The number of methoxy groups -OCH3 is 1. The number of carboxylic acid groups (broad SMARTS) is 1. The zero-order chi connectivity index (χ0) is 14.6. The number of carboxylic acids is 1. The van der Waals surface area contributed by atoms with E-state index in [0.717, 1.165) is 7.11 Å². The standard InChI is InChI=1S/C11H13NO6S/c1-7(10(13)14)12-19(16,17)9-6-4-3-5-8(9)11(15)18-2/h3-7,12H,1-2H3,(H,13,14)/t7-/m1/s1. The van der Waals surface area contributed by atoms with Crippen LogP contribution < -0.4 is 4.72 Å². The van der Waals surface area contributed by atoms with Crippen LogP contribution in [-0.4, -0.2) is 38.6 Å². The zero-order valence-electron chi connectivity index (χ0n) is 10.3. The van der Waals surface area contributed by atoms with Crippen molar-refractivity contribution in [2.45, 2.75) is 17.9 Å². The molecule has 7 nitrogen and oxygen atoms in total. The molecule has 0 saturated heterocycles. The Labute approximate surface area is 110 Å². The number of carbonyl (C=O) groups is 2. The Kier molecular flexibility index (Phi) is 4.62. The number of nitrogens with one attached hydrogen (secondary N) is 1. The van der Waals surface area contributed by atoms with Gasteiger partial charge in [0.1, 0.15) is 6.04 Å². The quantitative estimate of drug-likeness (QED) is 0.750. The normalized spacial score (nSPS) is 12.7. The summed E-state index contributed by atoms with van der Waals surface area (Å²) in [7, 11) is -3.00. The lowest BCUT2D eigenvalue weighted by Crippen LogP contribution is -2.38. The molecule has 0 bridgehead atoms. The third-order valence-electron chi connectivity index (χ3n) is 2.28. The van der Waals surface area contributed by atoms with E-state index in [1.54, 1.807) is 0 Å². The van der Waals surface area contributed by atoms with Gasteiger partial charge in [-0.1, -0.05) is 12.1 Å². The first-order valence-electron chi connectivity index (χ1n) is 5.22. The van der Waals surface area contributed by atoms with Gasteiger partial charge in [-0.25, -0.2) is 13.2 Å². The smallest absolute Gasteiger partial charge is 0.339 e. The van der Waals surface area contributed by atoms with Gasteiger partial charge in [-0.2, -0.15) is 4.72 Å². The van der Waals surface area contributed by atoms with E-state index < -0.39 is 28.0 Å². The summed E-state index contributed by atoms with van der Waals surface area (Å²) in [6.45, 7) is 1.18. The van der Waals surface area contributed by atoms with Gasteiger partial charge in [0.15, 0.2) is 0 Å². The van der Waals surface area contributed by atoms with Crippen molar-refractivity contribution < 1.29 is 27.9 Å². The van der Waals surface area contributed by atoms with Crippen molar-refractivity contribution in [1.82, 2.24) is 4.72 Å². The fraction of sp³-hybridized carbons (Fsp3) is 0.273. The van der Waals surface area contributed by atoms with Crippen LogP contribution in [0.25, 0.3) is 0 Å². The summed E-state index contributed by atoms with van der Waals surface area (Å²) in [6, 6.07) is 4.07. The number of sulfonamides is 1. The monoisotopic (exact) mass is 287 g/mol. The fourth-order valence-corrected chi connectivity index (χ4v) is 2.72. The fourth-order valence-electron chi connectivity index (χ4n) is 1.33. The molecule has 0 unspecified atom stereocenters. The van der Waals surface area contributed by atoms with E-state index in [0.29, 0.717) is 0 Å². The predicted molar refractivity (Wildman–Crippen MR) is 65.2 cm³/mol. The van der Waals surface area contributed by atoms with Crippen LogP contribution in [0.15, 0.2) is 29.2 Å². The van der Waals surface area contributed by atoms with Gasteiger partial charge in [-0.15, -0.1) is 0 Å². The minimum absolute atomic E-state index is 0.157. The summed E-state index contributed by atoms with van der Waals surface area (Å²) in [5.41, 5.74) is -0.157. The van der Waals surface area contributed by atoms with Gasteiger partial charge in [0.2, 0.25) is 10.0 Å². The largest absolute Gasteiger partial charge is 0.480 e. The summed E-state index contributed by atoms with van der Waals surface area (Å²) in [4.78, 5) is 21.8. The Bertz CT molecular complexity index is 595. The topological polar surface area (TPSA) is 110 Å². The van der Waals surface area contributed by atoms with Gasteiger partial charge >= 0.3 is 11.9 Å². The average Bonchev–Trinajstić information content (AvgIpc) is 2.37. The summed E-state index contributed by atoms with van der Waals surface area (Å²) in [6.07, 6.45) is 0. The van der Waals surface area contributed by atoms with Crippen LogP contribution in [0.5, 0.6) is 0 Å². The predicted octanol–water partition coefficient (Wildman–Crippen LogP) is 0.225. The lowest BCUT2D eigenvalue weighted by Gasteiger charge is -2.12. The van der Waals surface area contributed by atoms with Crippen LogP contribution in [0, 0.1) is 0 Å². The van der Waals surface area contributed by atoms with Crippen molar-refractivity contribution >= 4 is 22.0 Å². The van der Waals surface area contributed by atoms with E-state index in [1.807, 2.05) is 4.72 Å². The Morgan fingerprint density at radius 2 is 1.89 bits per heavy atom. The van der Waals surface area contributed by atoms with Crippen LogP contribution in [0.1, 0.15) is 17.3 Å². The van der Waals surface area contributed by atoms with Crippen molar-refractivity contribution in [3.8, 4) is 0 Å². The molecule has 0 aliphatic rings. The highest BCUT2D eigenvalue weighted by atomic mass is 32.2. The zero-order valence-corrected chi connectivity index (χ0v) is 11.1. The van der Waals surface area contributed by atoms with Crippen molar-refractivity contribution in [3.63, 3.8) is 0 Å². The second kappa shape index (κ2) is 5.81. The van der Waals surface area contributed by atoms with Crippen LogP contribution >= 0.6 is 0 Å². The van der Waals surface area contributed by atoms with E-state index in [4.69, 9.17) is 5.11 Å². The first kappa shape index (κ1) is 15.1. The lowest BCUT2D eigenvalue weighted by molar-refractivity contribution is -0.138. The first-order valence-corrected chi connectivity index (χ1v) is 6.70. The number of esters is 1. The van der Waals surface area contributed by atoms with Gasteiger partial charge in [-0.05, 0) is 19.1 Å². The Morgan fingerprint density at radius 1 is 1.32 bits per heavy atom. The maximum Gasteiger partial charge on any atom is 0.339 e. The number of ether oxygens (including phenoxy) is 1. The van der Waals surface area contributed by atoms with Crippen LogP contribution in [0.3, 0.4) is 0 Å². The average molecular weight is 287 g/mol. The molecule has 1 aromatic rings. The molecular formula is C11H13NO6S. The van der Waals surface area contributed by atoms with Gasteiger partial charge in [0.05, 0.1) is 17.6 Å². The molecule has 0 saturated carbocycles. The molecule has 104 valence electrons. The number of benzene rings is 1. The summed E-state index contributed by atoms with van der Waals surface area (Å²) in [5, 5.41) is 8.70. The van der Waals surface area contributed by atoms with Crippen molar-refractivity contribution in [1.29, 1.82) is 0 Å². The number of hydrogen-bond acceptors (Lipinski definition) is 5. The van der Waals surface area contributed by atoms with Gasteiger partial charge in [0.25, 0.3) is 0 Å². The van der Waals surface area contributed by atoms with Gasteiger partial charge in [-0.3, -0.25) is 4.79 Å². The molecular weight excluding hydrogens is 274 g/mol. The van der Waals surface area contributed by atoms with Crippen LogP contribution in [-0.2, 0) is 19.6 Å². The van der Waals surface area contributed by atoms with Crippen molar-refractivity contribution in [3.05, 3.63) is 29.8 Å². The van der Waals surface area contributed by atoms with Crippen LogP contribution in [0.2, 0.25) is 0 Å². The molecule has 0 aliphatic heterocycles. The first-order chi connectivity index (χ1) is 8.79. The van der Waals surface area contributed by atoms with E-state index >= 15 is 0 Å². The van der Waals surface area contributed by atoms with E-state index in [1.165, 1.54) is 31.2 Å². The maximum atomic E-state index is 12.0. The highest BCUT2D eigenvalue weighted by molar-refractivity contribution is 7.89. The molecule has 0 spiro atoms. The molecule has 8 heteroatoms. The highest BCUT2D eigenvalue weighted by Crippen LogP contribution is 2.16. The highest BCUT2D eigenvalue weighted by Gasteiger charge is 2.26. The third kappa shape index (κ3) is 3.52. The minimum atomic E-state index is -4.12. The molecule has 0 heterocycles. The molecule has 1 aromatic carbocycles. The molecule has 19 heavy (non-hydrogen) atoms. The second-order valence-corrected chi connectivity index (χ2v) is 5.35. The number of carbonyl (C=O) groups excluding carboxylic acids is 1. The summed E-state index contributed by atoms with van der Waals surface area (Å²) < 4.78 is 30.4. The Hall–Kier alpha value is -1.93.